The van der Waals surface area contributed by atoms with Gasteiger partial charge < -0.3 is 35.4 Å². The van der Waals surface area contributed by atoms with E-state index in [0.29, 0.717) is 0 Å². The van der Waals surface area contributed by atoms with Gasteiger partial charge in [-0.1, -0.05) is 0 Å². The average Bonchev–Trinajstić information content (AvgIpc) is 2.22. The molecular formula is C7H12O9. The van der Waals surface area contributed by atoms with Crippen LogP contribution in [0.3, 0.4) is 0 Å². The lowest BCUT2D eigenvalue weighted by Gasteiger charge is -2.25. The third-order valence-electron chi connectivity index (χ3n) is 1.71. The SMILES string of the molecule is O=C(O)O[C@@H](C(=O)O)C(O)[C@H](O)[C@H](O)CO. The normalized spacial score (nSPS) is 18.2. The predicted octanol–water partition coefficient (Wildman–Crippen LogP) is -2.79. The fourth-order valence-corrected chi connectivity index (χ4v) is 0.890. The number of ether oxygens (including phenoxy) is 1. The molecule has 9 nitrogen and oxygen atoms in total. The van der Waals surface area contributed by atoms with Crippen molar-refractivity contribution in [3.63, 3.8) is 0 Å². The second-order valence-corrected chi connectivity index (χ2v) is 2.87. The molecule has 0 aliphatic carbocycles. The first-order chi connectivity index (χ1) is 7.31. The summed E-state index contributed by atoms with van der Waals surface area (Å²) in [5, 5.41) is 52.3. The molecule has 6 N–H and O–H groups in total. The Hall–Kier alpha value is -1.42. The molecule has 0 radical (unpaired) electrons. The number of carboxylic acid groups (broad SMARTS) is 2. The Morgan fingerprint density at radius 3 is 1.88 bits per heavy atom. The summed E-state index contributed by atoms with van der Waals surface area (Å²) in [7, 11) is 0. The number of aliphatic carboxylic acids is 1. The van der Waals surface area contributed by atoms with Gasteiger partial charge in [-0.2, -0.15) is 0 Å². The van der Waals surface area contributed by atoms with Crippen LogP contribution in [0.5, 0.6) is 0 Å². The third kappa shape index (κ3) is 3.98. The Labute approximate surface area is 89.1 Å². The lowest BCUT2D eigenvalue weighted by atomic mass is 10.0. The second kappa shape index (κ2) is 6.23. The Bertz CT molecular complexity index is 252. The lowest BCUT2D eigenvalue weighted by Crippen LogP contribution is -2.50. The zero-order valence-corrected chi connectivity index (χ0v) is 7.92. The minimum absolute atomic E-state index is 0.933. The van der Waals surface area contributed by atoms with Gasteiger partial charge in [-0.15, -0.1) is 0 Å². The Morgan fingerprint density at radius 1 is 1.06 bits per heavy atom. The fourth-order valence-electron chi connectivity index (χ4n) is 0.890. The van der Waals surface area contributed by atoms with E-state index in [1.807, 2.05) is 0 Å². The standard InChI is InChI=1S/C7H12O9/c8-1-2(9)3(10)4(11)5(6(12)13)16-7(14)15/h2-5,8-11H,1H2,(H,12,13)(H,14,15)/t2-,3-,4?,5-/m1/s1. The zero-order valence-electron chi connectivity index (χ0n) is 7.92. The number of hydrogen-bond acceptors (Lipinski definition) is 7. The maximum atomic E-state index is 10.5. The van der Waals surface area contributed by atoms with Crippen LogP contribution in [0.1, 0.15) is 0 Å². The molecule has 0 fully saturated rings. The van der Waals surface area contributed by atoms with E-state index in [0.717, 1.165) is 0 Å². The van der Waals surface area contributed by atoms with E-state index in [4.69, 9.17) is 25.5 Å². The van der Waals surface area contributed by atoms with Gasteiger partial charge in [0.05, 0.1) is 6.61 Å². The van der Waals surface area contributed by atoms with Crippen LogP contribution in [-0.2, 0) is 9.53 Å². The zero-order chi connectivity index (χ0) is 12.9. The quantitative estimate of drug-likeness (QED) is 0.269. The molecule has 16 heavy (non-hydrogen) atoms. The van der Waals surface area contributed by atoms with Gasteiger partial charge in [0, 0.05) is 0 Å². The van der Waals surface area contributed by atoms with Crippen molar-refractivity contribution in [2.45, 2.75) is 24.4 Å². The van der Waals surface area contributed by atoms with Gasteiger partial charge in [0.1, 0.15) is 18.3 Å². The number of rotatable bonds is 6. The van der Waals surface area contributed by atoms with Crippen LogP contribution in [0.2, 0.25) is 0 Å². The van der Waals surface area contributed by atoms with Gasteiger partial charge >= 0.3 is 12.1 Å². The molecule has 0 saturated heterocycles. The Morgan fingerprint density at radius 2 is 1.56 bits per heavy atom. The van der Waals surface area contributed by atoms with E-state index in [9.17, 15) is 14.7 Å². The molecule has 9 heteroatoms. The van der Waals surface area contributed by atoms with E-state index >= 15 is 0 Å². The summed E-state index contributed by atoms with van der Waals surface area (Å²) < 4.78 is 3.80. The van der Waals surface area contributed by atoms with E-state index < -0.39 is 43.1 Å². The van der Waals surface area contributed by atoms with Crippen molar-refractivity contribution in [1.82, 2.24) is 0 Å². The van der Waals surface area contributed by atoms with Gasteiger partial charge in [-0.3, -0.25) is 0 Å². The van der Waals surface area contributed by atoms with E-state index in [-0.39, 0.29) is 0 Å². The largest absolute Gasteiger partial charge is 0.506 e. The van der Waals surface area contributed by atoms with Crippen LogP contribution >= 0.6 is 0 Å². The molecule has 4 atom stereocenters. The molecule has 1 unspecified atom stereocenters. The molecular weight excluding hydrogens is 228 g/mol. The lowest BCUT2D eigenvalue weighted by molar-refractivity contribution is -0.166. The van der Waals surface area contributed by atoms with Crippen LogP contribution in [-0.4, -0.2) is 73.8 Å². The van der Waals surface area contributed by atoms with Crippen LogP contribution < -0.4 is 0 Å². The molecule has 0 aliphatic heterocycles. The number of aliphatic hydroxyl groups is 4. The summed E-state index contributed by atoms with van der Waals surface area (Å²) in [6.07, 6.45) is -10.3. The van der Waals surface area contributed by atoms with Crippen molar-refractivity contribution < 1.29 is 45.0 Å². The van der Waals surface area contributed by atoms with Crippen molar-refractivity contribution in [3.05, 3.63) is 0 Å². The molecule has 94 valence electrons. The van der Waals surface area contributed by atoms with Crippen LogP contribution in [0.4, 0.5) is 4.79 Å². The first kappa shape index (κ1) is 14.6. The van der Waals surface area contributed by atoms with Crippen molar-refractivity contribution in [1.29, 1.82) is 0 Å². The molecule has 0 rings (SSSR count). The Kier molecular flexibility index (Phi) is 5.67. The summed E-state index contributed by atoms with van der Waals surface area (Å²) >= 11 is 0. The van der Waals surface area contributed by atoms with Gasteiger partial charge in [0.15, 0.2) is 0 Å². The minimum Gasteiger partial charge on any atom is -0.478 e. The van der Waals surface area contributed by atoms with E-state index in [1.54, 1.807) is 0 Å². The van der Waals surface area contributed by atoms with Gasteiger partial charge in [-0.05, 0) is 0 Å². The molecule has 0 spiro atoms. The van der Waals surface area contributed by atoms with E-state index in [2.05, 4.69) is 4.74 Å². The van der Waals surface area contributed by atoms with Crippen molar-refractivity contribution in [3.8, 4) is 0 Å². The molecule has 0 heterocycles. The molecule has 0 aliphatic rings. The predicted molar refractivity (Wildman–Crippen MR) is 45.6 cm³/mol. The summed E-state index contributed by atoms with van der Waals surface area (Å²) in [6.45, 7) is -0.933. The number of carboxylic acids is 1. The summed E-state index contributed by atoms with van der Waals surface area (Å²) in [4.78, 5) is 20.6. The van der Waals surface area contributed by atoms with Gasteiger partial charge in [-0.25, -0.2) is 9.59 Å². The molecule has 0 aromatic carbocycles. The topological polar surface area (TPSA) is 165 Å². The molecule has 0 amide bonds. The van der Waals surface area contributed by atoms with Crippen LogP contribution in [0, 0.1) is 0 Å². The van der Waals surface area contributed by atoms with Gasteiger partial charge in [0.2, 0.25) is 6.10 Å². The summed E-state index contributed by atoms with van der Waals surface area (Å²) in [5.74, 6) is -1.83. The minimum atomic E-state index is -2.26. The van der Waals surface area contributed by atoms with Crippen molar-refractivity contribution >= 4 is 12.1 Å². The molecule has 0 saturated carbocycles. The number of hydrogen-bond donors (Lipinski definition) is 6. The molecule has 0 aromatic rings. The monoisotopic (exact) mass is 240 g/mol. The third-order valence-corrected chi connectivity index (χ3v) is 1.71. The highest BCUT2D eigenvalue weighted by Gasteiger charge is 2.38. The maximum Gasteiger partial charge on any atom is 0.506 e. The molecule has 0 bridgehead atoms. The highest BCUT2D eigenvalue weighted by Crippen LogP contribution is 2.09. The number of aliphatic hydroxyl groups excluding tert-OH is 4. The second-order valence-electron chi connectivity index (χ2n) is 2.87. The van der Waals surface area contributed by atoms with E-state index in [1.165, 1.54) is 0 Å². The first-order valence-electron chi connectivity index (χ1n) is 4.08. The highest BCUT2D eigenvalue weighted by molar-refractivity contribution is 5.76. The molecule has 0 aromatic heterocycles. The van der Waals surface area contributed by atoms with Gasteiger partial charge in [0.25, 0.3) is 0 Å². The Balaban J connectivity index is 4.66. The fraction of sp³-hybridized carbons (Fsp3) is 0.714. The van der Waals surface area contributed by atoms with Crippen LogP contribution in [0.25, 0.3) is 0 Å². The van der Waals surface area contributed by atoms with Crippen molar-refractivity contribution in [2.24, 2.45) is 0 Å². The average molecular weight is 240 g/mol. The first-order valence-corrected chi connectivity index (χ1v) is 4.08. The van der Waals surface area contributed by atoms with Crippen molar-refractivity contribution in [2.75, 3.05) is 6.61 Å². The number of carbonyl (C=O) groups is 2. The van der Waals surface area contributed by atoms with Crippen LogP contribution in [0.15, 0.2) is 0 Å². The maximum absolute atomic E-state index is 10.5. The summed E-state index contributed by atoms with van der Waals surface area (Å²) in [5.41, 5.74) is 0. The smallest absolute Gasteiger partial charge is 0.478 e. The summed E-state index contributed by atoms with van der Waals surface area (Å²) in [6, 6.07) is 0. The highest BCUT2D eigenvalue weighted by atomic mass is 16.7.